The number of halogens is 1. The number of nitrogens with one attached hydrogen (secondary N) is 2. The molecule has 0 bridgehead atoms. The van der Waals surface area contributed by atoms with Gasteiger partial charge >= 0.3 is 11.9 Å². The Balaban J connectivity index is 0.000000275. The lowest BCUT2D eigenvalue weighted by Gasteiger charge is -2.10. The zero-order valence-electron chi connectivity index (χ0n) is 27.8. The van der Waals surface area contributed by atoms with Crippen LogP contribution in [0, 0.1) is 40.0 Å². The monoisotopic (exact) mass is 669 g/mol. The number of nitrogens with zero attached hydrogens (tertiary/aromatic N) is 3. The number of methoxy groups -OCH3 is 2. The number of carbonyl (C=O) groups is 2. The molecule has 0 fully saturated rings. The minimum absolute atomic E-state index is 0. The minimum Gasteiger partial charge on any atom is -0.482 e. The number of aryl methyl sites for hydroxylation is 5. The van der Waals surface area contributed by atoms with Crippen molar-refractivity contribution in [2.45, 2.75) is 48.5 Å². The molecule has 0 saturated carbocycles. The third kappa shape index (κ3) is 8.67. The van der Waals surface area contributed by atoms with Crippen molar-refractivity contribution in [3.63, 3.8) is 0 Å². The zero-order chi connectivity index (χ0) is 34.3. The van der Waals surface area contributed by atoms with Gasteiger partial charge < -0.3 is 39.7 Å². The van der Waals surface area contributed by atoms with Crippen LogP contribution in [-0.4, -0.2) is 58.9 Å². The fourth-order valence-corrected chi connectivity index (χ4v) is 4.76. The molecule has 2 aromatic carbocycles. The Kier molecular flexibility index (Phi) is 13.1. The van der Waals surface area contributed by atoms with Crippen molar-refractivity contribution in [3.05, 3.63) is 64.1 Å². The van der Waals surface area contributed by atoms with Crippen molar-refractivity contribution in [2.75, 3.05) is 32.3 Å². The van der Waals surface area contributed by atoms with E-state index in [0.29, 0.717) is 34.9 Å². The number of aromatic nitrogens is 4. The Morgan fingerprint density at radius 3 is 1.77 bits per heavy atom. The highest BCUT2D eigenvalue weighted by molar-refractivity contribution is 6.04. The second-order valence-corrected chi connectivity index (χ2v) is 10.1. The average molecular weight is 670 g/mol. The summed E-state index contributed by atoms with van der Waals surface area (Å²) < 4.78 is 24.5. The number of fused-ring (bicyclic) bond motifs is 1. The first-order chi connectivity index (χ1) is 21.7. The Labute approximate surface area is 278 Å². The van der Waals surface area contributed by atoms with Crippen molar-refractivity contribution in [1.82, 2.24) is 20.3 Å². The Hall–Kier alpha value is -5.37. The maximum atomic E-state index is 12.0. The molecular formula is C32H40ClN7O7. The average Bonchev–Trinajstić information content (AvgIpc) is 3.67. The molecule has 5 aromatic rings. The number of nitrogens with two attached hydrogens (primary N) is 2. The maximum Gasteiger partial charge on any atom is 0.340 e. The Morgan fingerprint density at radius 2 is 1.34 bits per heavy atom. The highest BCUT2D eigenvalue weighted by Gasteiger charge is 2.20. The van der Waals surface area contributed by atoms with Gasteiger partial charge in [-0.3, -0.25) is 5.41 Å². The van der Waals surface area contributed by atoms with Gasteiger partial charge in [-0.05, 0) is 76.9 Å². The maximum absolute atomic E-state index is 12.0. The number of hydrogen-bond acceptors (Lipinski definition) is 13. The van der Waals surface area contributed by atoms with E-state index in [0.717, 1.165) is 45.0 Å². The topological polar surface area (TPSA) is 218 Å². The molecule has 0 spiro atoms. The first-order valence-corrected chi connectivity index (χ1v) is 14.1. The summed E-state index contributed by atoms with van der Waals surface area (Å²) in [7, 11) is 2.65. The summed E-state index contributed by atoms with van der Waals surface area (Å²) in [4.78, 5) is 31.2. The van der Waals surface area contributed by atoms with Gasteiger partial charge in [0.25, 0.3) is 0 Å². The molecule has 15 heteroatoms. The lowest BCUT2D eigenvalue weighted by molar-refractivity contribution is 0.0593. The first kappa shape index (κ1) is 37.8. The molecule has 0 amide bonds. The molecule has 47 heavy (non-hydrogen) atoms. The molecule has 252 valence electrons. The second-order valence-electron chi connectivity index (χ2n) is 10.1. The van der Waals surface area contributed by atoms with E-state index in [1.165, 1.54) is 14.2 Å². The van der Waals surface area contributed by atoms with Crippen molar-refractivity contribution >= 4 is 52.7 Å². The third-order valence-corrected chi connectivity index (χ3v) is 6.73. The summed E-state index contributed by atoms with van der Waals surface area (Å²) in [6.07, 6.45) is 0. The van der Waals surface area contributed by atoms with Gasteiger partial charge in [-0.15, -0.1) is 12.4 Å². The van der Waals surface area contributed by atoms with E-state index in [2.05, 4.69) is 25.0 Å². The summed E-state index contributed by atoms with van der Waals surface area (Å²) in [6.45, 7) is 13.2. The number of ether oxygens (including phenoxy) is 3. The van der Waals surface area contributed by atoms with Crippen LogP contribution in [0.5, 0.6) is 0 Å². The lowest BCUT2D eigenvalue weighted by Crippen LogP contribution is -2.08. The van der Waals surface area contributed by atoms with E-state index in [-0.39, 0.29) is 29.6 Å². The summed E-state index contributed by atoms with van der Waals surface area (Å²) in [5.74, 6) is 1.44. The van der Waals surface area contributed by atoms with Crippen LogP contribution in [0.1, 0.15) is 63.3 Å². The number of H-pyrrole nitrogens is 1. The number of imidazole rings is 1. The molecule has 6 N–H and O–H groups in total. The van der Waals surface area contributed by atoms with Gasteiger partial charge in [-0.1, -0.05) is 10.3 Å². The van der Waals surface area contributed by atoms with E-state index in [1.807, 2.05) is 40.7 Å². The molecule has 5 rings (SSSR count). The van der Waals surface area contributed by atoms with Gasteiger partial charge in [0.2, 0.25) is 0 Å². The van der Waals surface area contributed by atoms with Crippen LogP contribution < -0.4 is 11.5 Å². The number of anilines is 2. The summed E-state index contributed by atoms with van der Waals surface area (Å²) >= 11 is 0. The summed E-state index contributed by atoms with van der Waals surface area (Å²) in [5, 5.41) is 14.5. The SMILES string of the molecule is CCOC(C)=N.COC(=O)c1cc(-c2c(C)noc2C)cc(N)c1N.COC(=O)c1cc(-c2c(C)noc2C)cc2[nH]c(C)nc12.Cl. The number of rotatable bonds is 5. The molecule has 0 unspecified atom stereocenters. The Bertz CT molecular complexity index is 1850. The normalized spacial score (nSPS) is 10.1. The van der Waals surface area contributed by atoms with Crippen molar-refractivity contribution < 1.29 is 32.8 Å². The predicted octanol–water partition coefficient (Wildman–Crippen LogP) is 6.28. The molecule has 0 aliphatic carbocycles. The van der Waals surface area contributed by atoms with Crippen LogP contribution in [0.4, 0.5) is 11.4 Å². The van der Waals surface area contributed by atoms with Crippen LogP contribution in [0.15, 0.2) is 33.3 Å². The standard InChI is InChI=1S/C15H15N3O3.C13H15N3O3.C4H9NO.ClH/c1-7-13(8(2)21-18-7)10-5-11(15(19)20-4)14-12(6-10)16-9(3)17-14;1-6-11(7(2)19-16-6)8-4-9(13(17)18-3)12(15)10(14)5-8;1-3-6-4(2)5;/h5-6H,1-4H3,(H,16,17);4-5H,14-15H2,1-3H3;5H,3H2,1-2H3;1H. The summed E-state index contributed by atoms with van der Waals surface area (Å²) in [6, 6.07) is 7.02. The summed E-state index contributed by atoms with van der Waals surface area (Å²) in [5.41, 5.74) is 19.0. The van der Waals surface area contributed by atoms with Crippen LogP contribution >= 0.6 is 12.4 Å². The van der Waals surface area contributed by atoms with E-state index < -0.39 is 11.9 Å². The van der Waals surface area contributed by atoms with Gasteiger partial charge in [0.05, 0.1) is 60.2 Å². The molecule has 0 aliphatic heterocycles. The molecule has 0 saturated heterocycles. The zero-order valence-corrected chi connectivity index (χ0v) is 28.6. The molecule has 3 aromatic heterocycles. The number of hydrogen-bond donors (Lipinski definition) is 4. The van der Waals surface area contributed by atoms with E-state index >= 15 is 0 Å². The van der Waals surface area contributed by atoms with Crippen LogP contribution in [0.3, 0.4) is 0 Å². The van der Waals surface area contributed by atoms with Gasteiger partial charge in [0, 0.05) is 18.1 Å². The van der Waals surface area contributed by atoms with Gasteiger partial charge in [0.15, 0.2) is 5.90 Å². The van der Waals surface area contributed by atoms with Gasteiger partial charge in [0.1, 0.15) is 22.9 Å². The first-order valence-electron chi connectivity index (χ1n) is 14.1. The molecule has 0 aliphatic rings. The van der Waals surface area contributed by atoms with Crippen molar-refractivity contribution in [1.29, 1.82) is 5.41 Å². The fraction of sp³-hybridized carbons (Fsp3) is 0.312. The fourth-order valence-electron chi connectivity index (χ4n) is 4.76. The lowest BCUT2D eigenvalue weighted by atomic mass is 9.99. The number of carbonyl (C=O) groups excluding carboxylic acids is 2. The Morgan fingerprint density at radius 1 is 0.851 bits per heavy atom. The van der Waals surface area contributed by atoms with Crippen LogP contribution in [-0.2, 0) is 14.2 Å². The van der Waals surface area contributed by atoms with E-state index in [4.69, 9.17) is 35.4 Å². The number of esters is 2. The van der Waals surface area contributed by atoms with E-state index in [1.54, 1.807) is 32.0 Å². The quantitative estimate of drug-likeness (QED) is 0.0703. The molecule has 14 nitrogen and oxygen atoms in total. The van der Waals surface area contributed by atoms with Crippen LogP contribution in [0.25, 0.3) is 33.3 Å². The number of benzene rings is 2. The second kappa shape index (κ2) is 16.3. The van der Waals surface area contributed by atoms with Gasteiger partial charge in [-0.2, -0.15) is 0 Å². The largest absolute Gasteiger partial charge is 0.482 e. The smallest absolute Gasteiger partial charge is 0.340 e. The van der Waals surface area contributed by atoms with Crippen molar-refractivity contribution in [3.8, 4) is 22.3 Å². The van der Waals surface area contributed by atoms with Crippen LogP contribution in [0.2, 0.25) is 0 Å². The molecule has 0 atom stereocenters. The van der Waals surface area contributed by atoms with Crippen molar-refractivity contribution in [2.24, 2.45) is 0 Å². The van der Waals surface area contributed by atoms with Gasteiger partial charge in [-0.25, -0.2) is 14.6 Å². The number of aromatic amines is 1. The third-order valence-electron chi connectivity index (χ3n) is 6.73. The number of nitrogen functional groups attached to an aromatic ring is 2. The predicted molar refractivity (Wildman–Crippen MR) is 181 cm³/mol. The highest BCUT2D eigenvalue weighted by atomic mass is 35.5. The molecule has 0 radical (unpaired) electrons. The molecule has 3 heterocycles. The minimum atomic E-state index is -0.530. The molecular weight excluding hydrogens is 630 g/mol. The van der Waals surface area contributed by atoms with E-state index in [9.17, 15) is 9.59 Å². The highest BCUT2D eigenvalue weighted by Crippen LogP contribution is 2.33.